The van der Waals surface area contributed by atoms with Gasteiger partial charge in [0, 0.05) is 37.3 Å². The van der Waals surface area contributed by atoms with Crippen molar-refractivity contribution in [3.8, 4) is 11.5 Å². The van der Waals surface area contributed by atoms with E-state index >= 15 is 0 Å². The smallest absolute Gasteiger partial charge is 0.229 e. The highest BCUT2D eigenvalue weighted by Crippen LogP contribution is 2.44. The lowest BCUT2D eigenvalue weighted by Gasteiger charge is -2.42. The second-order valence-corrected chi connectivity index (χ2v) is 14.1. The SMILES string of the molecule is COc1cc2c(cc1Nc1ncc(Br)c(Nc3ccc4nccnc4c3P(C)(C)=O)n1)OCC1CCCCN21. The normalized spacial score (nSPS) is 16.7. The van der Waals surface area contributed by atoms with Gasteiger partial charge in [-0.15, -0.1) is 0 Å². The van der Waals surface area contributed by atoms with Crippen LogP contribution in [0.2, 0.25) is 0 Å². The van der Waals surface area contributed by atoms with Crippen molar-refractivity contribution in [2.75, 3.05) is 49.1 Å². The third-order valence-corrected chi connectivity index (χ3v) is 9.15. The van der Waals surface area contributed by atoms with Crippen LogP contribution in [0.15, 0.2) is 47.3 Å². The van der Waals surface area contributed by atoms with E-state index in [1.165, 1.54) is 12.8 Å². The van der Waals surface area contributed by atoms with Gasteiger partial charge in [-0.2, -0.15) is 4.98 Å². The molecule has 4 heterocycles. The van der Waals surface area contributed by atoms with Gasteiger partial charge in [0.15, 0.2) is 0 Å². The Labute approximate surface area is 235 Å². The van der Waals surface area contributed by atoms with E-state index in [0.29, 0.717) is 62.3 Å². The Balaban J connectivity index is 1.33. The fourth-order valence-electron chi connectivity index (χ4n) is 5.26. The molecule has 2 aromatic carbocycles. The number of benzene rings is 2. The summed E-state index contributed by atoms with van der Waals surface area (Å²) >= 11 is 3.55. The van der Waals surface area contributed by atoms with Gasteiger partial charge in [0.2, 0.25) is 5.95 Å². The molecule has 4 aromatic rings. The summed E-state index contributed by atoms with van der Waals surface area (Å²) in [6, 6.07) is 8.08. The van der Waals surface area contributed by atoms with E-state index in [-0.39, 0.29) is 0 Å². The Morgan fingerprint density at radius 1 is 1.10 bits per heavy atom. The first-order chi connectivity index (χ1) is 18.8. The molecule has 0 saturated carbocycles. The molecule has 2 aliphatic rings. The molecule has 39 heavy (non-hydrogen) atoms. The number of rotatable bonds is 6. The van der Waals surface area contributed by atoms with E-state index < -0.39 is 7.14 Å². The molecular formula is C27H29BrN7O3P. The number of nitrogens with zero attached hydrogens (tertiary/aromatic N) is 5. The van der Waals surface area contributed by atoms with Crippen LogP contribution in [0.1, 0.15) is 19.3 Å². The lowest BCUT2D eigenvalue weighted by molar-refractivity contribution is 0.240. The molecule has 1 atom stereocenters. The lowest BCUT2D eigenvalue weighted by atomic mass is 10.00. The molecule has 10 nitrogen and oxygen atoms in total. The summed E-state index contributed by atoms with van der Waals surface area (Å²) in [5.41, 5.74) is 3.70. The zero-order chi connectivity index (χ0) is 27.1. The van der Waals surface area contributed by atoms with Crippen LogP contribution in [0, 0.1) is 0 Å². The minimum atomic E-state index is -2.73. The molecule has 2 aromatic heterocycles. The van der Waals surface area contributed by atoms with Gasteiger partial charge < -0.3 is 29.6 Å². The van der Waals surface area contributed by atoms with E-state index in [1.54, 1.807) is 39.0 Å². The molecule has 1 fully saturated rings. The predicted octanol–water partition coefficient (Wildman–Crippen LogP) is 5.68. The predicted molar refractivity (Wildman–Crippen MR) is 158 cm³/mol. The number of fused-ring (bicyclic) bond motifs is 4. The fraction of sp³-hybridized carbons (Fsp3) is 0.333. The van der Waals surface area contributed by atoms with Gasteiger partial charge in [-0.3, -0.25) is 9.97 Å². The average molecular weight is 610 g/mol. The maximum absolute atomic E-state index is 13.3. The van der Waals surface area contributed by atoms with Crippen LogP contribution in [0.3, 0.4) is 0 Å². The van der Waals surface area contributed by atoms with E-state index in [4.69, 9.17) is 14.5 Å². The molecular weight excluding hydrogens is 581 g/mol. The third kappa shape index (κ3) is 5.01. The van der Waals surface area contributed by atoms with Crippen LogP contribution in [0.5, 0.6) is 11.5 Å². The highest BCUT2D eigenvalue weighted by molar-refractivity contribution is 9.10. The summed E-state index contributed by atoms with van der Waals surface area (Å²) in [7, 11) is -1.08. The number of ether oxygens (including phenoxy) is 2. The lowest BCUT2D eigenvalue weighted by Crippen LogP contribution is -2.46. The van der Waals surface area contributed by atoms with Crippen molar-refractivity contribution < 1.29 is 14.0 Å². The van der Waals surface area contributed by atoms with E-state index in [0.717, 1.165) is 24.4 Å². The van der Waals surface area contributed by atoms with Gasteiger partial charge in [0.1, 0.15) is 36.6 Å². The number of halogens is 1. The number of hydrogen-bond donors (Lipinski definition) is 2. The maximum atomic E-state index is 13.3. The van der Waals surface area contributed by atoms with Crippen molar-refractivity contribution in [3.63, 3.8) is 0 Å². The zero-order valence-electron chi connectivity index (χ0n) is 21.9. The van der Waals surface area contributed by atoms with Crippen molar-refractivity contribution in [1.29, 1.82) is 0 Å². The number of piperidine rings is 1. The summed E-state index contributed by atoms with van der Waals surface area (Å²) in [6.07, 6.45) is 8.44. The minimum Gasteiger partial charge on any atom is -0.494 e. The number of aromatic nitrogens is 4. The standard InChI is InChI=1S/C27H29BrN7O3P/c1-37-22-13-21-23(38-15-16-6-4-5-11-35(16)21)12-20(22)33-27-31-14-17(28)26(34-27)32-19-8-7-18-24(30-10-9-29-18)25(19)39(2,3)36/h7-10,12-14,16H,4-6,11,15H2,1-3H3,(H2,31,32,33,34). The molecule has 0 bridgehead atoms. The van der Waals surface area contributed by atoms with Gasteiger partial charge in [-0.05, 0) is 60.7 Å². The van der Waals surface area contributed by atoms with Crippen molar-refractivity contribution >= 4 is 68.2 Å². The molecule has 0 aliphatic carbocycles. The van der Waals surface area contributed by atoms with Crippen LogP contribution in [-0.4, -0.2) is 59.6 Å². The third-order valence-electron chi connectivity index (χ3n) is 7.04. The first-order valence-corrected chi connectivity index (χ1v) is 16.2. The molecule has 1 saturated heterocycles. The van der Waals surface area contributed by atoms with Gasteiger partial charge in [0.25, 0.3) is 0 Å². The Kier molecular flexibility index (Phi) is 6.81. The van der Waals surface area contributed by atoms with Crippen LogP contribution < -0.4 is 30.3 Å². The fourth-order valence-corrected chi connectivity index (χ4v) is 6.95. The Hall–Kier alpha value is -3.43. The van der Waals surface area contributed by atoms with E-state index in [9.17, 15) is 4.57 Å². The molecule has 0 spiro atoms. The number of nitrogens with one attached hydrogen (secondary N) is 2. The minimum absolute atomic E-state index is 0.365. The summed E-state index contributed by atoms with van der Waals surface area (Å²) in [4.78, 5) is 20.4. The van der Waals surface area contributed by atoms with Crippen molar-refractivity contribution in [2.45, 2.75) is 25.3 Å². The topological polar surface area (TPSA) is 114 Å². The van der Waals surface area contributed by atoms with Gasteiger partial charge in [0.05, 0.1) is 45.5 Å². The molecule has 2 aliphatic heterocycles. The molecule has 1 unspecified atom stereocenters. The van der Waals surface area contributed by atoms with Crippen LogP contribution in [0.25, 0.3) is 11.0 Å². The molecule has 0 amide bonds. The highest BCUT2D eigenvalue weighted by Gasteiger charge is 2.31. The highest BCUT2D eigenvalue weighted by atomic mass is 79.9. The Morgan fingerprint density at radius 2 is 1.95 bits per heavy atom. The maximum Gasteiger partial charge on any atom is 0.229 e. The largest absolute Gasteiger partial charge is 0.494 e. The van der Waals surface area contributed by atoms with Crippen LogP contribution >= 0.6 is 23.1 Å². The summed E-state index contributed by atoms with van der Waals surface area (Å²) < 4.78 is 25.8. The van der Waals surface area contributed by atoms with Crippen LogP contribution in [-0.2, 0) is 4.57 Å². The number of hydrogen-bond acceptors (Lipinski definition) is 10. The zero-order valence-corrected chi connectivity index (χ0v) is 24.4. The second-order valence-electron chi connectivity index (χ2n) is 10.1. The average Bonchev–Trinajstić information content (AvgIpc) is 2.93. The number of anilines is 5. The quantitative estimate of drug-likeness (QED) is 0.265. The summed E-state index contributed by atoms with van der Waals surface area (Å²) in [5, 5.41) is 7.25. The monoisotopic (exact) mass is 609 g/mol. The number of methoxy groups -OCH3 is 1. The first kappa shape index (κ1) is 25.8. The summed E-state index contributed by atoms with van der Waals surface area (Å²) in [5.74, 6) is 2.37. The molecule has 202 valence electrons. The molecule has 0 radical (unpaired) electrons. The molecule has 12 heteroatoms. The van der Waals surface area contributed by atoms with Gasteiger partial charge in [-0.25, -0.2) is 4.98 Å². The van der Waals surface area contributed by atoms with Crippen molar-refractivity contribution in [3.05, 3.63) is 47.3 Å². The molecule has 6 rings (SSSR count). The Morgan fingerprint density at radius 3 is 2.77 bits per heavy atom. The van der Waals surface area contributed by atoms with Crippen molar-refractivity contribution in [2.24, 2.45) is 0 Å². The first-order valence-electron chi connectivity index (χ1n) is 12.8. The molecule has 2 N–H and O–H groups in total. The Bertz CT molecular complexity index is 1610. The van der Waals surface area contributed by atoms with E-state index in [2.05, 4.69) is 46.4 Å². The second kappa shape index (κ2) is 10.3. The van der Waals surface area contributed by atoms with Crippen LogP contribution in [0.4, 0.5) is 28.8 Å². The summed E-state index contributed by atoms with van der Waals surface area (Å²) in [6.45, 7) is 5.14. The van der Waals surface area contributed by atoms with Gasteiger partial charge >= 0.3 is 0 Å². The van der Waals surface area contributed by atoms with Gasteiger partial charge in [-0.1, -0.05) is 0 Å². The van der Waals surface area contributed by atoms with Crippen molar-refractivity contribution in [1.82, 2.24) is 19.9 Å². The van der Waals surface area contributed by atoms with E-state index in [1.807, 2.05) is 24.3 Å².